The summed E-state index contributed by atoms with van der Waals surface area (Å²) < 4.78 is 4.80. The van der Waals surface area contributed by atoms with Gasteiger partial charge >= 0.3 is 5.97 Å². The number of amides is 1. The SMILES string of the molecule is CCOC(=O)C(C)NC(=O)c1ccc(O)cc1C. The number of hydrogen-bond donors (Lipinski definition) is 2. The molecule has 0 saturated carbocycles. The lowest BCUT2D eigenvalue weighted by molar-refractivity contribution is -0.144. The fourth-order valence-corrected chi connectivity index (χ4v) is 1.50. The van der Waals surface area contributed by atoms with Crippen LogP contribution in [0.3, 0.4) is 0 Å². The number of rotatable bonds is 4. The Labute approximate surface area is 106 Å². The highest BCUT2D eigenvalue weighted by Crippen LogP contribution is 2.15. The van der Waals surface area contributed by atoms with Gasteiger partial charge in [-0.05, 0) is 44.5 Å². The summed E-state index contributed by atoms with van der Waals surface area (Å²) in [5, 5.41) is 11.8. The second-order valence-corrected chi connectivity index (χ2v) is 3.95. The molecule has 98 valence electrons. The number of esters is 1. The normalized spacial score (nSPS) is 11.7. The highest BCUT2D eigenvalue weighted by Gasteiger charge is 2.18. The quantitative estimate of drug-likeness (QED) is 0.793. The van der Waals surface area contributed by atoms with E-state index in [1.54, 1.807) is 20.8 Å². The Morgan fingerprint density at radius 2 is 2.11 bits per heavy atom. The first-order chi connectivity index (χ1) is 8.45. The maximum Gasteiger partial charge on any atom is 0.328 e. The minimum atomic E-state index is -0.703. The van der Waals surface area contributed by atoms with Crippen molar-refractivity contribution in [2.45, 2.75) is 26.8 Å². The lowest BCUT2D eigenvalue weighted by atomic mass is 10.1. The Morgan fingerprint density at radius 3 is 2.67 bits per heavy atom. The van der Waals surface area contributed by atoms with Crippen LogP contribution in [0.5, 0.6) is 5.75 Å². The largest absolute Gasteiger partial charge is 0.508 e. The molecule has 1 amide bonds. The zero-order valence-electron chi connectivity index (χ0n) is 10.7. The Kier molecular flexibility index (Phi) is 4.71. The molecule has 1 aromatic carbocycles. The number of carbonyl (C=O) groups excluding carboxylic acids is 2. The average molecular weight is 251 g/mol. The molecule has 1 aromatic rings. The number of aryl methyl sites for hydroxylation is 1. The number of hydrogen-bond acceptors (Lipinski definition) is 4. The summed E-state index contributed by atoms with van der Waals surface area (Å²) >= 11 is 0. The minimum Gasteiger partial charge on any atom is -0.508 e. The highest BCUT2D eigenvalue weighted by atomic mass is 16.5. The predicted octanol–water partition coefficient (Wildman–Crippen LogP) is 1.38. The van der Waals surface area contributed by atoms with Crippen molar-refractivity contribution in [3.63, 3.8) is 0 Å². The predicted molar refractivity (Wildman–Crippen MR) is 66.4 cm³/mol. The third kappa shape index (κ3) is 3.48. The molecule has 0 aliphatic rings. The van der Waals surface area contributed by atoms with Crippen LogP contribution in [0.2, 0.25) is 0 Å². The summed E-state index contributed by atoms with van der Waals surface area (Å²) in [6.45, 7) is 5.25. The molecule has 2 N–H and O–H groups in total. The third-order valence-electron chi connectivity index (χ3n) is 2.44. The van der Waals surface area contributed by atoms with Gasteiger partial charge in [-0.25, -0.2) is 4.79 Å². The molecule has 1 rings (SSSR count). The van der Waals surface area contributed by atoms with Gasteiger partial charge in [-0.3, -0.25) is 4.79 Å². The number of nitrogens with one attached hydrogen (secondary N) is 1. The molecule has 5 nitrogen and oxygen atoms in total. The molecule has 0 bridgehead atoms. The van der Waals surface area contributed by atoms with Crippen LogP contribution in [0.25, 0.3) is 0 Å². The van der Waals surface area contributed by atoms with Gasteiger partial charge in [0.05, 0.1) is 6.61 Å². The van der Waals surface area contributed by atoms with Crippen molar-refractivity contribution < 1.29 is 19.4 Å². The van der Waals surface area contributed by atoms with Crippen molar-refractivity contribution in [2.24, 2.45) is 0 Å². The van der Waals surface area contributed by atoms with Crippen LogP contribution < -0.4 is 5.32 Å². The topological polar surface area (TPSA) is 75.6 Å². The van der Waals surface area contributed by atoms with Crippen LogP contribution in [-0.2, 0) is 9.53 Å². The van der Waals surface area contributed by atoms with Crippen molar-refractivity contribution in [2.75, 3.05) is 6.61 Å². The molecule has 0 heterocycles. The molecular weight excluding hydrogens is 234 g/mol. The van der Waals surface area contributed by atoms with Crippen molar-refractivity contribution >= 4 is 11.9 Å². The summed E-state index contributed by atoms with van der Waals surface area (Å²) in [6, 6.07) is 3.73. The molecule has 0 aliphatic carbocycles. The standard InChI is InChI=1S/C13H17NO4/c1-4-18-13(17)9(3)14-12(16)11-6-5-10(15)7-8(11)2/h5-7,9,15H,4H2,1-3H3,(H,14,16). The van der Waals surface area contributed by atoms with E-state index in [1.807, 2.05) is 0 Å². The van der Waals surface area contributed by atoms with E-state index < -0.39 is 12.0 Å². The van der Waals surface area contributed by atoms with E-state index >= 15 is 0 Å². The van der Waals surface area contributed by atoms with Gasteiger partial charge in [0.25, 0.3) is 5.91 Å². The monoisotopic (exact) mass is 251 g/mol. The van der Waals surface area contributed by atoms with Crippen LogP contribution in [-0.4, -0.2) is 29.6 Å². The lowest BCUT2D eigenvalue weighted by Gasteiger charge is -2.13. The molecule has 0 saturated heterocycles. The van der Waals surface area contributed by atoms with E-state index in [0.29, 0.717) is 11.1 Å². The Morgan fingerprint density at radius 1 is 1.44 bits per heavy atom. The Hall–Kier alpha value is -2.04. The number of ether oxygens (including phenoxy) is 1. The molecule has 0 aliphatic heterocycles. The first-order valence-electron chi connectivity index (χ1n) is 5.72. The maximum atomic E-state index is 11.9. The van der Waals surface area contributed by atoms with Crippen LogP contribution in [0.15, 0.2) is 18.2 Å². The van der Waals surface area contributed by atoms with Gasteiger partial charge in [-0.1, -0.05) is 0 Å². The van der Waals surface area contributed by atoms with E-state index in [0.717, 1.165) is 0 Å². The van der Waals surface area contributed by atoms with E-state index in [4.69, 9.17) is 4.74 Å². The van der Waals surface area contributed by atoms with Crippen LogP contribution >= 0.6 is 0 Å². The zero-order valence-corrected chi connectivity index (χ0v) is 10.7. The first-order valence-corrected chi connectivity index (χ1v) is 5.72. The second-order valence-electron chi connectivity index (χ2n) is 3.95. The molecule has 1 atom stereocenters. The van der Waals surface area contributed by atoms with E-state index in [2.05, 4.69) is 5.32 Å². The third-order valence-corrected chi connectivity index (χ3v) is 2.44. The molecule has 0 radical (unpaired) electrons. The van der Waals surface area contributed by atoms with Crippen LogP contribution in [0.1, 0.15) is 29.8 Å². The second kappa shape index (κ2) is 6.05. The fraction of sp³-hybridized carbons (Fsp3) is 0.385. The first kappa shape index (κ1) is 14.0. The van der Waals surface area contributed by atoms with Gasteiger partial charge < -0.3 is 15.2 Å². The molecule has 0 fully saturated rings. The van der Waals surface area contributed by atoms with Gasteiger partial charge in [0.1, 0.15) is 11.8 Å². The van der Waals surface area contributed by atoms with Crippen molar-refractivity contribution in [3.8, 4) is 5.75 Å². The zero-order chi connectivity index (χ0) is 13.7. The lowest BCUT2D eigenvalue weighted by Crippen LogP contribution is -2.39. The minimum absolute atomic E-state index is 0.0995. The molecule has 18 heavy (non-hydrogen) atoms. The van der Waals surface area contributed by atoms with E-state index in [1.165, 1.54) is 18.2 Å². The van der Waals surface area contributed by atoms with Gasteiger partial charge in [-0.2, -0.15) is 0 Å². The van der Waals surface area contributed by atoms with Crippen molar-refractivity contribution in [3.05, 3.63) is 29.3 Å². The van der Waals surface area contributed by atoms with Crippen LogP contribution in [0, 0.1) is 6.92 Å². The molecule has 5 heteroatoms. The van der Waals surface area contributed by atoms with Crippen molar-refractivity contribution in [1.82, 2.24) is 5.32 Å². The molecular formula is C13H17NO4. The average Bonchev–Trinajstić information content (AvgIpc) is 2.28. The number of benzene rings is 1. The Bertz CT molecular complexity index is 456. The van der Waals surface area contributed by atoms with Crippen molar-refractivity contribution in [1.29, 1.82) is 0 Å². The summed E-state index contributed by atoms with van der Waals surface area (Å²) in [5.41, 5.74) is 1.06. The molecule has 1 unspecified atom stereocenters. The number of phenols is 1. The highest BCUT2D eigenvalue weighted by molar-refractivity contribution is 5.98. The van der Waals surface area contributed by atoms with Crippen LogP contribution in [0.4, 0.5) is 0 Å². The van der Waals surface area contributed by atoms with Gasteiger partial charge in [0, 0.05) is 5.56 Å². The van der Waals surface area contributed by atoms with Gasteiger partial charge in [0.2, 0.25) is 0 Å². The maximum absolute atomic E-state index is 11.9. The fourth-order valence-electron chi connectivity index (χ4n) is 1.50. The van der Waals surface area contributed by atoms with E-state index in [9.17, 15) is 14.7 Å². The number of phenolic OH excluding ortho intramolecular Hbond substituents is 1. The van der Waals surface area contributed by atoms with Gasteiger partial charge in [0.15, 0.2) is 0 Å². The smallest absolute Gasteiger partial charge is 0.328 e. The summed E-state index contributed by atoms with van der Waals surface area (Å²) in [5.74, 6) is -0.738. The number of aromatic hydroxyl groups is 1. The summed E-state index contributed by atoms with van der Waals surface area (Å²) in [4.78, 5) is 23.3. The summed E-state index contributed by atoms with van der Waals surface area (Å²) in [6.07, 6.45) is 0. The Balaban J connectivity index is 2.73. The molecule has 0 spiro atoms. The van der Waals surface area contributed by atoms with Gasteiger partial charge in [-0.15, -0.1) is 0 Å². The summed E-state index contributed by atoms with van der Waals surface area (Å²) in [7, 11) is 0. The number of carbonyl (C=O) groups is 2. The molecule has 0 aromatic heterocycles. The van der Waals surface area contributed by atoms with E-state index in [-0.39, 0.29) is 18.3 Å².